The molecule has 0 radical (unpaired) electrons. The average molecular weight is 280 g/mol. The van der Waals surface area contributed by atoms with Crippen LogP contribution >= 0.6 is 0 Å². The Morgan fingerprint density at radius 2 is 1.53 bits per heavy atom. The van der Waals surface area contributed by atoms with Gasteiger partial charge in [0.15, 0.2) is 5.78 Å². The molecule has 0 N–H and O–H groups in total. The van der Waals surface area contributed by atoms with Gasteiger partial charge in [-0.3, -0.25) is 9.00 Å². The molecule has 0 saturated heterocycles. The van der Waals surface area contributed by atoms with Crippen LogP contribution in [-0.4, -0.2) is 15.7 Å². The molecule has 2 aromatic carbocycles. The number of benzene rings is 2. The number of ketones is 1. The minimum absolute atomic E-state index is 0.443. The first-order valence-corrected chi connectivity index (χ1v) is 6.82. The van der Waals surface area contributed by atoms with Crippen molar-refractivity contribution < 1.29 is 17.8 Å². The lowest BCUT2D eigenvalue weighted by atomic mass is 10.1. The Morgan fingerprint density at radius 1 is 0.947 bits per heavy atom. The van der Waals surface area contributed by atoms with Gasteiger partial charge in [0.1, 0.15) is 11.6 Å². The first-order valence-electron chi connectivity index (χ1n) is 5.50. The van der Waals surface area contributed by atoms with Crippen LogP contribution < -0.4 is 0 Å². The van der Waals surface area contributed by atoms with Gasteiger partial charge >= 0.3 is 0 Å². The van der Waals surface area contributed by atoms with E-state index in [0.717, 1.165) is 12.1 Å². The number of halogens is 2. The minimum Gasteiger partial charge on any atom is -0.293 e. The van der Waals surface area contributed by atoms with Crippen molar-refractivity contribution in [2.45, 2.75) is 4.90 Å². The Morgan fingerprint density at radius 3 is 2.11 bits per heavy atom. The zero-order valence-electron chi connectivity index (χ0n) is 9.81. The highest BCUT2D eigenvalue weighted by Gasteiger charge is 2.19. The number of rotatable bonds is 4. The van der Waals surface area contributed by atoms with E-state index in [4.69, 9.17) is 0 Å². The summed E-state index contributed by atoms with van der Waals surface area (Å²) in [5, 5.41) is 0. The van der Waals surface area contributed by atoms with Crippen molar-refractivity contribution in [1.29, 1.82) is 0 Å². The number of carbonyl (C=O) groups excluding carboxylic acids is 1. The molecule has 2 rings (SSSR count). The highest BCUT2D eigenvalue weighted by atomic mass is 32.2. The van der Waals surface area contributed by atoms with Crippen molar-refractivity contribution >= 4 is 16.6 Å². The van der Waals surface area contributed by atoms with Crippen molar-refractivity contribution in [2.24, 2.45) is 0 Å². The summed E-state index contributed by atoms with van der Waals surface area (Å²) in [5.74, 6) is -3.12. The number of Topliss-reactive ketones (excluding diaryl/α,β-unsaturated/α-hetero) is 1. The largest absolute Gasteiger partial charge is 0.293 e. The second-order valence-electron chi connectivity index (χ2n) is 3.82. The summed E-state index contributed by atoms with van der Waals surface area (Å²) in [7, 11) is -1.61. The number of carbonyl (C=O) groups is 1. The fourth-order valence-electron chi connectivity index (χ4n) is 1.61. The first-order chi connectivity index (χ1) is 9.09. The first kappa shape index (κ1) is 13.5. The summed E-state index contributed by atoms with van der Waals surface area (Å²) in [5.41, 5.74) is -0.633. The summed E-state index contributed by atoms with van der Waals surface area (Å²) < 4.78 is 38.7. The van der Waals surface area contributed by atoms with E-state index in [0.29, 0.717) is 4.90 Å². The van der Waals surface area contributed by atoms with Gasteiger partial charge in [0.05, 0.1) is 22.1 Å². The van der Waals surface area contributed by atoms with Crippen LogP contribution in [0.15, 0.2) is 53.4 Å². The maximum Gasteiger partial charge on any atom is 0.181 e. The second kappa shape index (κ2) is 5.84. The zero-order valence-corrected chi connectivity index (χ0v) is 10.6. The Kier molecular flexibility index (Phi) is 4.16. The molecule has 2 nitrogen and oxygen atoms in total. The molecule has 98 valence electrons. The lowest BCUT2D eigenvalue weighted by Gasteiger charge is -2.04. The van der Waals surface area contributed by atoms with Crippen molar-refractivity contribution in [2.75, 3.05) is 5.75 Å². The lowest BCUT2D eigenvalue weighted by Crippen LogP contribution is -2.14. The van der Waals surface area contributed by atoms with Gasteiger partial charge in [-0.05, 0) is 24.3 Å². The molecule has 0 amide bonds. The Balaban J connectivity index is 2.21. The van der Waals surface area contributed by atoms with Crippen LogP contribution in [0.5, 0.6) is 0 Å². The summed E-state index contributed by atoms with van der Waals surface area (Å²) in [4.78, 5) is 12.2. The van der Waals surface area contributed by atoms with E-state index in [2.05, 4.69) is 0 Å². The fourth-order valence-corrected chi connectivity index (χ4v) is 2.62. The van der Waals surface area contributed by atoms with E-state index >= 15 is 0 Å². The molecular weight excluding hydrogens is 270 g/mol. The van der Waals surface area contributed by atoms with Gasteiger partial charge in [-0.2, -0.15) is 0 Å². The third-order valence-corrected chi connectivity index (χ3v) is 3.83. The van der Waals surface area contributed by atoms with Crippen molar-refractivity contribution in [3.8, 4) is 0 Å². The minimum atomic E-state index is -1.61. The van der Waals surface area contributed by atoms with E-state index in [-0.39, 0.29) is 0 Å². The molecule has 5 heteroatoms. The summed E-state index contributed by atoms with van der Waals surface area (Å²) in [6.45, 7) is 0. The van der Waals surface area contributed by atoms with Crippen LogP contribution in [0, 0.1) is 11.6 Å². The molecule has 0 heterocycles. The smallest absolute Gasteiger partial charge is 0.181 e. The molecular formula is C14H10F2O2S. The molecule has 1 unspecified atom stereocenters. The average Bonchev–Trinajstić information content (AvgIpc) is 2.39. The SMILES string of the molecule is O=C(CS(=O)c1ccccc1)c1c(F)cccc1F. The van der Waals surface area contributed by atoms with Gasteiger partial charge in [0.2, 0.25) is 0 Å². The van der Waals surface area contributed by atoms with E-state index < -0.39 is 39.5 Å². The number of hydrogen-bond donors (Lipinski definition) is 0. The van der Waals surface area contributed by atoms with E-state index in [9.17, 15) is 17.8 Å². The fraction of sp³-hybridized carbons (Fsp3) is 0.0714. The molecule has 0 aliphatic carbocycles. The molecule has 19 heavy (non-hydrogen) atoms. The van der Waals surface area contributed by atoms with E-state index in [1.165, 1.54) is 6.07 Å². The summed E-state index contributed by atoms with van der Waals surface area (Å²) in [6.07, 6.45) is 0. The predicted molar refractivity (Wildman–Crippen MR) is 68.4 cm³/mol. The van der Waals surface area contributed by atoms with Crippen LogP contribution in [0.4, 0.5) is 8.78 Å². The van der Waals surface area contributed by atoms with Gasteiger partial charge in [-0.25, -0.2) is 8.78 Å². The van der Waals surface area contributed by atoms with Gasteiger partial charge in [-0.1, -0.05) is 24.3 Å². The van der Waals surface area contributed by atoms with Crippen molar-refractivity contribution in [3.05, 3.63) is 65.7 Å². The molecule has 0 aromatic heterocycles. The van der Waals surface area contributed by atoms with Crippen molar-refractivity contribution in [3.63, 3.8) is 0 Å². The van der Waals surface area contributed by atoms with E-state index in [1.807, 2.05) is 0 Å². The van der Waals surface area contributed by atoms with Crippen LogP contribution in [0.25, 0.3) is 0 Å². The molecule has 0 fully saturated rings. The number of hydrogen-bond acceptors (Lipinski definition) is 2. The molecule has 0 aliphatic rings. The molecule has 2 aromatic rings. The molecule has 0 aliphatic heterocycles. The van der Waals surface area contributed by atoms with Crippen LogP contribution in [0.3, 0.4) is 0 Å². The predicted octanol–water partition coefficient (Wildman–Crippen LogP) is 2.96. The second-order valence-corrected chi connectivity index (χ2v) is 5.27. The zero-order chi connectivity index (χ0) is 13.8. The normalized spacial score (nSPS) is 12.1. The van der Waals surface area contributed by atoms with E-state index in [1.54, 1.807) is 30.3 Å². The standard InChI is InChI=1S/C14H10F2O2S/c15-11-7-4-8-12(16)14(11)13(17)9-19(18)10-5-2-1-3-6-10/h1-8H,9H2. The summed E-state index contributed by atoms with van der Waals surface area (Å²) in [6, 6.07) is 11.5. The maximum atomic E-state index is 13.4. The lowest BCUT2D eigenvalue weighted by molar-refractivity contribution is 0.101. The van der Waals surface area contributed by atoms with Gasteiger partial charge in [-0.15, -0.1) is 0 Å². The van der Waals surface area contributed by atoms with Crippen molar-refractivity contribution in [1.82, 2.24) is 0 Å². The highest BCUT2D eigenvalue weighted by Crippen LogP contribution is 2.15. The highest BCUT2D eigenvalue weighted by molar-refractivity contribution is 7.85. The summed E-state index contributed by atoms with van der Waals surface area (Å²) >= 11 is 0. The van der Waals surface area contributed by atoms with Crippen LogP contribution in [0.1, 0.15) is 10.4 Å². The van der Waals surface area contributed by atoms with Crippen LogP contribution in [-0.2, 0) is 10.8 Å². The maximum absolute atomic E-state index is 13.4. The molecule has 0 spiro atoms. The Labute approximate surface area is 111 Å². The Hall–Kier alpha value is -1.88. The molecule has 0 bridgehead atoms. The molecule has 1 atom stereocenters. The third-order valence-electron chi connectivity index (χ3n) is 2.51. The van der Waals surface area contributed by atoms with Crippen LogP contribution in [0.2, 0.25) is 0 Å². The quantitative estimate of drug-likeness (QED) is 0.807. The van der Waals surface area contributed by atoms with Gasteiger partial charge in [0.25, 0.3) is 0 Å². The van der Waals surface area contributed by atoms with Gasteiger partial charge in [0, 0.05) is 4.90 Å². The molecule has 0 saturated carbocycles. The Bertz CT molecular complexity index is 606. The third kappa shape index (κ3) is 3.12. The topological polar surface area (TPSA) is 34.1 Å². The monoisotopic (exact) mass is 280 g/mol. The van der Waals surface area contributed by atoms with Gasteiger partial charge < -0.3 is 0 Å².